The minimum absolute atomic E-state index is 0.00354. The minimum atomic E-state index is -3.51. The maximum Gasteiger partial charge on any atom is 0.243 e. The Morgan fingerprint density at radius 2 is 1.59 bits per heavy atom. The van der Waals surface area contributed by atoms with E-state index in [-0.39, 0.29) is 12.1 Å². The van der Waals surface area contributed by atoms with Crippen molar-refractivity contribution in [2.45, 2.75) is 37.8 Å². The molecule has 1 fully saturated rings. The van der Waals surface area contributed by atoms with E-state index in [0.717, 1.165) is 15.4 Å². The van der Waals surface area contributed by atoms with Gasteiger partial charge in [0.25, 0.3) is 0 Å². The van der Waals surface area contributed by atoms with Crippen LogP contribution in [0.25, 0.3) is 10.9 Å². The first-order valence-electron chi connectivity index (χ1n) is 10.7. The molecule has 4 rings (SSSR count). The number of aromatic nitrogens is 2. The molecule has 9 heteroatoms. The predicted octanol–water partition coefficient (Wildman–Crippen LogP) is 4.25. The lowest BCUT2D eigenvalue weighted by Crippen LogP contribution is -2.49. The van der Waals surface area contributed by atoms with E-state index in [2.05, 4.69) is 27.8 Å². The van der Waals surface area contributed by atoms with E-state index in [9.17, 15) is 8.42 Å². The molecule has 0 aliphatic carbocycles. The number of rotatable bonds is 6. The van der Waals surface area contributed by atoms with Crippen LogP contribution >= 0.6 is 15.9 Å². The lowest BCUT2D eigenvalue weighted by Gasteiger charge is -2.36. The molecule has 1 saturated heterocycles. The van der Waals surface area contributed by atoms with E-state index in [1.807, 2.05) is 38.1 Å². The summed E-state index contributed by atoms with van der Waals surface area (Å²) in [6, 6.07) is 14.5. The second-order valence-electron chi connectivity index (χ2n) is 8.14. The Morgan fingerprint density at radius 3 is 2.25 bits per heavy atom. The van der Waals surface area contributed by atoms with Gasteiger partial charge in [-0.25, -0.2) is 13.4 Å². The second-order valence-corrected chi connectivity index (χ2v) is 11.0. The Balaban J connectivity index is 1.51. The van der Waals surface area contributed by atoms with Crippen molar-refractivity contribution in [1.82, 2.24) is 19.2 Å². The summed E-state index contributed by atoms with van der Waals surface area (Å²) in [7, 11) is -3.51. The van der Waals surface area contributed by atoms with E-state index in [1.54, 1.807) is 28.6 Å². The fourth-order valence-electron chi connectivity index (χ4n) is 3.81. The third kappa shape index (κ3) is 4.80. The van der Waals surface area contributed by atoms with Crippen LogP contribution in [0.5, 0.6) is 5.88 Å². The Labute approximate surface area is 197 Å². The average molecular weight is 519 g/mol. The lowest BCUT2D eigenvalue weighted by atomic mass is 10.2. The zero-order valence-corrected chi connectivity index (χ0v) is 20.8. The summed E-state index contributed by atoms with van der Waals surface area (Å²) >= 11 is 3.35. The van der Waals surface area contributed by atoms with Crippen LogP contribution in [0, 0.1) is 0 Å². The van der Waals surface area contributed by atoms with Gasteiger partial charge in [-0.05, 0) is 57.2 Å². The highest BCUT2D eigenvalue weighted by Gasteiger charge is 2.31. The second kappa shape index (κ2) is 9.43. The number of fused-ring (bicyclic) bond motifs is 1. The van der Waals surface area contributed by atoms with Crippen molar-refractivity contribution < 1.29 is 13.2 Å². The molecule has 1 unspecified atom stereocenters. The van der Waals surface area contributed by atoms with Gasteiger partial charge in [-0.2, -0.15) is 9.29 Å². The van der Waals surface area contributed by atoms with Crippen LogP contribution in [0.15, 0.2) is 57.9 Å². The molecule has 0 saturated carbocycles. The van der Waals surface area contributed by atoms with E-state index >= 15 is 0 Å². The molecule has 0 radical (unpaired) electrons. The van der Waals surface area contributed by atoms with Crippen molar-refractivity contribution in [1.29, 1.82) is 0 Å². The number of ether oxygens (including phenoxy) is 1. The van der Waals surface area contributed by atoms with Gasteiger partial charge in [0.05, 0.1) is 27.9 Å². The van der Waals surface area contributed by atoms with Gasteiger partial charge in [-0.3, -0.25) is 4.90 Å². The zero-order chi connectivity index (χ0) is 22.9. The molecule has 1 atom stereocenters. The molecular formula is C23H27BrN4O3S. The van der Waals surface area contributed by atoms with Gasteiger partial charge in [0.1, 0.15) is 5.82 Å². The van der Waals surface area contributed by atoms with Crippen molar-refractivity contribution in [3.8, 4) is 5.88 Å². The van der Waals surface area contributed by atoms with Crippen molar-refractivity contribution in [2.75, 3.05) is 26.2 Å². The highest BCUT2D eigenvalue weighted by Crippen LogP contribution is 2.28. The maximum absolute atomic E-state index is 13.0. The highest BCUT2D eigenvalue weighted by molar-refractivity contribution is 9.10. The van der Waals surface area contributed by atoms with Gasteiger partial charge < -0.3 is 4.74 Å². The monoisotopic (exact) mass is 518 g/mol. The molecule has 32 heavy (non-hydrogen) atoms. The van der Waals surface area contributed by atoms with Gasteiger partial charge in [-0.15, -0.1) is 0 Å². The Bertz CT molecular complexity index is 1190. The first-order valence-corrected chi connectivity index (χ1v) is 12.9. The van der Waals surface area contributed by atoms with Crippen LogP contribution in [-0.2, 0) is 10.0 Å². The van der Waals surface area contributed by atoms with Gasteiger partial charge in [-0.1, -0.05) is 28.1 Å². The maximum atomic E-state index is 13.0. The summed E-state index contributed by atoms with van der Waals surface area (Å²) in [4.78, 5) is 12.0. The molecular weight excluding hydrogens is 492 g/mol. The molecule has 1 aromatic heterocycles. The smallest absolute Gasteiger partial charge is 0.243 e. The van der Waals surface area contributed by atoms with Gasteiger partial charge in [0.15, 0.2) is 0 Å². The van der Waals surface area contributed by atoms with Crippen molar-refractivity contribution >= 4 is 36.9 Å². The zero-order valence-electron chi connectivity index (χ0n) is 18.4. The number of benzene rings is 2. The van der Waals surface area contributed by atoms with Crippen molar-refractivity contribution in [2.24, 2.45) is 0 Å². The number of piperazine rings is 1. The summed E-state index contributed by atoms with van der Waals surface area (Å²) in [5.74, 6) is 1.27. The highest BCUT2D eigenvalue weighted by atomic mass is 79.9. The minimum Gasteiger partial charge on any atom is -0.474 e. The molecule has 170 valence electrons. The normalized spacial score (nSPS) is 17.0. The third-order valence-corrected chi connectivity index (χ3v) is 8.02. The fourth-order valence-corrected chi connectivity index (χ4v) is 5.50. The topological polar surface area (TPSA) is 75.6 Å². The van der Waals surface area contributed by atoms with Gasteiger partial charge in [0.2, 0.25) is 15.9 Å². The summed E-state index contributed by atoms with van der Waals surface area (Å²) < 4.78 is 34.3. The molecule has 0 bridgehead atoms. The van der Waals surface area contributed by atoms with E-state index < -0.39 is 10.0 Å². The van der Waals surface area contributed by atoms with Crippen LogP contribution < -0.4 is 4.74 Å². The summed E-state index contributed by atoms with van der Waals surface area (Å²) in [6.45, 7) is 8.07. The van der Waals surface area contributed by atoms with Gasteiger partial charge >= 0.3 is 0 Å². The summed E-state index contributed by atoms with van der Waals surface area (Å²) in [6.07, 6.45) is 0.00354. The molecule has 0 spiro atoms. The number of para-hydroxylation sites is 1. The number of hydrogen-bond donors (Lipinski definition) is 0. The number of hydrogen-bond acceptors (Lipinski definition) is 6. The van der Waals surface area contributed by atoms with E-state index in [1.165, 1.54) is 0 Å². The molecule has 3 aromatic rings. The molecule has 0 amide bonds. The van der Waals surface area contributed by atoms with E-state index in [4.69, 9.17) is 14.7 Å². The van der Waals surface area contributed by atoms with E-state index in [0.29, 0.717) is 42.8 Å². The van der Waals surface area contributed by atoms with Crippen molar-refractivity contribution in [3.63, 3.8) is 0 Å². The third-order valence-electron chi connectivity index (χ3n) is 5.58. The Kier molecular flexibility index (Phi) is 6.80. The number of nitrogens with zero attached hydrogens (tertiary/aromatic N) is 4. The van der Waals surface area contributed by atoms with Crippen LogP contribution in [-0.4, -0.2) is 59.9 Å². The molecule has 0 N–H and O–H groups in total. The SMILES string of the molecule is CC(C)Oc1nc(C(C)N2CCN(S(=O)(=O)c3ccc(Br)cc3)CC2)nc2ccccc12. The Hall–Kier alpha value is -2.07. The fraction of sp³-hybridized carbons (Fsp3) is 0.391. The molecule has 1 aliphatic heterocycles. The number of sulfonamides is 1. The molecule has 7 nitrogen and oxygen atoms in total. The molecule has 1 aliphatic rings. The van der Waals surface area contributed by atoms with Crippen LogP contribution in [0.1, 0.15) is 32.6 Å². The molecule has 2 aromatic carbocycles. The standard InChI is InChI=1S/C23H27BrN4O3S/c1-16(2)31-23-20-6-4-5-7-21(20)25-22(26-23)17(3)27-12-14-28(15-13-27)32(29,30)19-10-8-18(24)9-11-19/h4-11,16-17H,12-15H2,1-3H3. The Morgan fingerprint density at radius 1 is 0.938 bits per heavy atom. The summed E-state index contributed by atoms with van der Waals surface area (Å²) in [5, 5.41) is 0.891. The van der Waals surface area contributed by atoms with Crippen LogP contribution in [0.4, 0.5) is 0 Å². The first kappa shape index (κ1) is 23.1. The van der Waals surface area contributed by atoms with Crippen LogP contribution in [0.2, 0.25) is 0 Å². The van der Waals surface area contributed by atoms with Crippen LogP contribution in [0.3, 0.4) is 0 Å². The van der Waals surface area contributed by atoms with Crippen molar-refractivity contribution in [3.05, 3.63) is 58.8 Å². The first-order chi connectivity index (χ1) is 15.3. The average Bonchev–Trinajstić information content (AvgIpc) is 2.78. The predicted molar refractivity (Wildman–Crippen MR) is 128 cm³/mol. The van der Waals surface area contributed by atoms with Gasteiger partial charge in [0, 0.05) is 30.7 Å². The number of halogens is 1. The summed E-state index contributed by atoms with van der Waals surface area (Å²) in [5.41, 5.74) is 0.844. The lowest BCUT2D eigenvalue weighted by molar-refractivity contribution is 0.140. The molecule has 2 heterocycles. The largest absolute Gasteiger partial charge is 0.474 e. The quantitative estimate of drug-likeness (QED) is 0.485.